The molecule has 1 atom stereocenters. The number of carbonyl (C=O) groups is 3. The van der Waals surface area contributed by atoms with Gasteiger partial charge in [-0.15, -0.1) is 0 Å². The topological polar surface area (TPSA) is 111 Å². The lowest BCUT2D eigenvalue weighted by molar-refractivity contribution is -0.123. The number of pyridine rings is 1. The number of benzene rings is 2. The van der Waals surface area contributed by atoms with Gasteiger partial charge in [0.1, 0.15) is 5.82 Å². The predicted octanol–water partition coefficient (Wildman–Crippen LogP) is 4.72. The van der Waals surface area contributed by atoms with E-state index in [-0.39, 0.29) is 17.1 Å². The highest BCUT2D eigenvalue weighted by Crippen LogP contribution is 2.28. The van der Waals surface area contributed by atoms with Crippen molar-refractivity contribution in [1.29, 1.82) is 0 Å². The number of ketones is 1. The molecule has 0 saturated heterocycles. The second kappa shape index (κ2) is 9.22. The molecule has 4 aromatic rings. The fraction of sp³-hybridized carbons (Fsp3) is 0.160. The zero-order valence-corrected chi connectivity index (χ0v) is 18.6. The Labute approximate surface area is 193 Å². The summed E-state index contributed by atoms with van der Waals surface area (Å²) in [5.41, 5.74) is 2.42. The van der Waals surface area contributed by atoms with Gasteiger partial charge in [0.15, 0.2) is 11.9 Å². The lowest BCUT2D eigenvalue weighted by Gasteiger charge is -2.14. The minimum Gasteiger partial charge on any atom is -0.449 e. The van der Waals surface area contributed by atoms with Gasteiger partial charge in [-0.1, -0.05) is 17.3 Å². The van der Waals surface area contributed by atoms with Crippen molar-refractivity contribution in [3.63, 3.8) is 0 Å². The summed E-state index contributed by atoms with van der Waals surface area (Å²) in [6.07, 6.45) is -1.15. The molecule has 0 aliphatic heterocycles. The highest BCUT2D eigenvalue weighted by Gasteiger charge is 2.24. The van der Waals surface area contributed by atoms with E-state index in [4.69, 9.17) is 9.26 Å². The molecule has 2 aromatic carbocycles. The molecule has 0 aliphatic carbocycles. The molecule has 1 N–H and O–H groups in total. The maximum absolute atomic E-state index is 13.3. The maximum Gasteiger partial charge on any atom is 0.339 e. The van der Waals surface area contributed by atoms with Gasteiger partial charge in [-0.3, -0.25) is 9.59 Å². The Morgan fingerprint density at radius 2 is 1.82 bits per heavy atom. The summed E-state index contributed by atoms with van der Waals surface area (Å²) in [6, 6.07) is 13.5. The van der Waals surface area contributed by atoms with E-state index in [1.807, 2.05) is 0 Å². The average molecular weight is 461 g/mol. The van der Waals surface area contributed by atoms with Crippen LogP contribution in [0.3, 0.4) is 0 Å². The first-order valence-electron chi connectivity index (χ1n) is 10.4. The third-order valence-corrected chi connectivity index (χ3v) is 5.17. The lowest BCUT2D eigenvalue weighted by atomic mass is 10.1. The number of hydrogen-bond donors (Lipinski definition) is 1. The maximum atomic E-state index is 13.3. The van der Waals surface area contributed by atoms with Crippen molar-refractivity contribution >= 4 is 34.4 Å². The minimum atomic E-state index is -1.15. The van der Waals surface area contributed by atoms with Crippen molar-refractivity contribution in [2.24, 2.45) is 0 Å². The Bertz CT molecular complexity index is 1410. The van der Waals surface area contributed by atoms with Crippen LogP contribution in [0.25, 0.3) is 22.4 Å². The van der Waals surface area contributed by atoms with E-state index < -0.39 is 23.8 Å². The van der Waals surface area contributed by atoms with E-state index in [9.17, 15) is 18.8 Å². The Morgan fingerprint density at radius 1 is 1.09 bits per heavy atom. The monoisotopic (exact) mass is 461 g/mol. The molecule has 9 heteroatoms. The van der Waals surface area contributed by atoms with Crippen LogP contribution in [0.15, 0.2) is 59.1 Å². The van der Waals surface area contributed by atoms with Gasteiger partial charge in [-0.05, 0) is 63.2 Å². The van der Waals surface area contributed by atoms with Crippen LogP contribution in [0.4, 0.5) is 10.1 Å². The summed E-state index contributed by atoms with van der Waals surface area (Å²) in [5.74, 6) is -1.89. The van der Waals surface area contributed by atoms with Crippen LogP contribution in [-0.2, 0) is 9.53 Å². The zero-order valence-electron chi connectivity index (χ0n) is 18.6. The van der Waals surface area contributed by atoms with Gasteiger partial charge in [0.25, 0.3) is 11.6 Å². The van der Waals surface area contributed by atoms with Gasteiger partial charge < -0.3 is 14.6 Å². The number of anilines is 1. The number of hydrogen-bond acceptors (Lipinski definition) is 7. The fourth-order valence-corrected chi connectivity index (χ4v) is 3.36. The number of aromatic nitrogens is 2. The van der Waals surface area contributed by atoms with E-state index in [0.717, 1.165) is 0 Å². The number of fused-ring (bicyclic) bond motifs is 1. The molecule has 34 heavy (non-hydrogen) atoms. The lowest BCUT2D eigenvalue weighted by Crippen LogP contribution is -2.30. The van der Waals surface area contributed by atoms with E-state index in [2.05, 4.69) is 15.5 Å². The summed E-state index contributed by atoms with van der Waals surface area (Å²) in [4.78, 5) is 41.6. The normalized spacial score (nSPS) is 11.8. The first-order chi connectivity index (χ1) is 16.2. The number of ether oxygens (including phenoxy) is 1. The van der Waals surface area contributed by atoms with Crippen LogP contribution < -0.4 is 5.32 Å². The van der Waals surface area contributed by atoms with Crippen molar-refractivity contribution in [3.8, 4) is 11.3 Å². The number of carbonyl (C=O) groups excluding carboxylic acids is 3. The van der Waals surface area contributed by atoms with Crippen molar-refractivity contribution in [2.75, 3.05) is 5.32 Å². The van der Waals surface area contributed by atoms with E-state index in [0.29, 0.717) is 33.6 Å². The molecule has 2 aromatic heterocycles. The standard InChI is InChI=1S/C25H20FN3O5/c1-13-22-20(12-21(28-24(22)34-29-13)16-7-9-18(26)10-8-16)25(32)33-15(3)23(31)27-19-6-4-5-17(11-19)14(2)30/h4-12,15H,1-3H3,(H,27,31). The summed E-state index contributed by atoms with van der Waals surface area (Å²) in [5, 5.41) is 6.86. The quantitative estimate of drug-likeness (QED) is 0.327. The fourth-order valence-electron chi connectivity index (χ4n) is 3.36. The van der Waals surface area contributed by atoms with E-state index >= 15 is 0 Å². The molecule has 0 saturated carbocycles. The largest absolute Gasteiger partial charge is 0.449 e. The van der Waals surface area contributed by atoms with Gasteiger partial charge in [0, 0.05) is 16.8 Å². The average Bonchev–Trinajstić information content (AvgIpc) is 3.19. The highest BCUT2D eigenvalue weighted by atomic mass is 19.1. The van der Waals surface area contributed by atoms with Crippen molar-refractivity contribution in [1.82, 2.24) is 10.1 Å². The first-order valence-corrected chi connectivity index (χ1v) is 10.4. The van der Waals surface area contributed by atoms with Crippen molar-refractivity contribution in [2.45, 2.75) is 26.9 Å². The number of halogens is 1. The van der Waals surface area contributed by atoms with Crippen LogP contribution in [0, 0.1) is 12.7 Å². The molecule has 0 aliphatic rings. The molecule has 0 radical (unpaired) electrons. The molecule has 0 bridgehead atoms. The number of nitrogens with zero attached hydrogens (tertiary/aromatic N) is 2. The SMILES string of the molecule is CC(=O)c1cccc(NC(=O)C(C)OC(=O)c2cc(-c3ccc(F)cc3)nc3onc(C)c23)c1. The Balaban J connectivity index is 1.59. The summed E-state index contributed by atoms with van der Waals surface area (Å²) in [7, 11) is 0. The smallest absolute Gasteiger partial charge is 0.339 e. The number of amides is 1. The van der Waals surface area contributed by atoms with Crippen LogP contribution in [0.2, 0.25) is 0 Å². The van der Waals surface area contributed by atoms with Gasteiger partial charge >= 0.3 is 5.97 Å². The highest BCUT2D eigenvalue weighted by molar-refractivity contribution is 6.06. The molecule has 2 heterocycles. The molecule has 1 unspecified atom stereocenters. The number of nitrogens with one attached hydrogen (secondary N) is 1. The molecule has 8 nitrogen and oxygen atoms in total. The molecular weight excluding hydrogens is 441 g/mol. The molecule has 0 spiro atoms. The summed E-state index contributed by atoms with van der Waals surface area (Å²) in [6.45, 7) is 4.51. The molecule has 0 fully saturated rings. The second-order valence-electron chi connectivity index (χ2n) is 7.68. The van der Waals surface area contributed by atoms with E-state index in [1.165, 1.54) is 50.2 Å². The molecule has 172 valence electrons. The van der Waals surface area contributed by atoms with Crippen molar-refractivity contribution in [3.05, 3.63) is 77.2 Å². The van der Waals surface area contributed by atoms with Gasteiger partial charge in [-0.2, -0.15) is 0 Å². The second-order valence-corrected chi connectivity index (χ2v) is 7.68. The van der Waals surface area contributed by atoms with Crippen LogP contribution >= 0.6 is 0 Å². The summed E-state index contributed by atoms with van der Waals surface area (Å²) < 4.78 is 24.0. The van der Waals surface area contributed by atoms with Crippen LogP contribution in [-0.4, -0.2) is 33.9 Å². The predicted molar refractivity (Wildman–Crippen MR) is 122 cm³/mol. The number of aryl methyl sites for hydroxylation is 1. The van der Waals surface area contributed by atoms with Gasteiger partial charge in [-0.25, -0.2) is 14.2 Å². The zero-order chi connectivity index (χ0) is 24.4. The third-order valence-electron chi connectivity index (χ3n) is 5.17. The van der Waals surface area contributed by atoms with Crippen LogP contribution in [0.5, 0.6) is 0 Å². The van der Waals surface area contributed by atoms with Crippen molar-refractivity contribution < 1.29 is 28.0 Å². The number of rotatable bonds is 6. The van der Waals surface area contributed by atoms with Gasteiger partial charge in [0.2, 0.25) is 0 Å². The Kier molecular flexibility index (Phi) is 6.18. The van der Waals surface area contributed by atoms with E-state index in [1.54, 1.807) is 25.1 Å². The molecule has 4 rings (SSSR count). The third kappa shape index (κ3) is 4.68. The first kappa shape index (κ1) is 22.8. The molecule has 1 amide bonds. The number of esters is 1. The number of Topliss-reactive ketones (excluding diaryl/α,β-unsaturated/α-hetero) is 1. The van der Waals surface area contributed by atoms with Gasteiger partial charge in [0.05, 0.1) is 22.3 Å². The minimum absolute atomic E-state index is 0.112. The van der Waals surface area contributed by atoms with Crippen LogP contribution in [0.1, 0.15) is 40.3 Å². The Hall–Kier alpha value is -4.40. The summed E-state index contributed by atoms with van der Waals surface area (Å²) >= 11 is 0. The molecular formula is C25H20FN3O5. The Morgan fingerprint density at radius 3 is 2.53 bits per heavy atom.